The van der Waals surface area contributed by atoms with E-state index < -0.39 is 0 Å². The molecule has 0 aromatic rings. The Bertz CT molecular complexity index is 242. The minimum atomic E-state index is -0.227. The Balaban J connectivity index is 2.37. The first-order valence-corrected chi connectivity index (χ1v) is 5.60. The van der Waals surface area contributed by atoms with E-state index in [9.17, 15) is 4.79 Å². The van der Waals surface area contributed by atoms with Crippen molar-refractivity contribution in [2.75, 3.05) is 20.7 Å². The minimum Gasteiger partial charge on any atom is -0.466 e. The highest BCUT2D eigenvalue weighted by molar-refractivity contribution is 5.87. The number of likely N-dealkylation sites (N-methyl/N-ethyl adjacent to an activating group) is 1. The van der Waals surface area contributed by atoms with E-state index in [-0.39, 0.29) is 5.97 Å². The number of esters is 1. The molecule has 0 spiro atoms. The van der Waals surface area contributed by atoms with Crippen LogP contribution in [0.2, 0.25) is 0 Å². The van der Waals surface area contributed by atoms with E-state index in [1.165, 1.54) is 32.8 Å². The molecule has 0 aromatic carbocycles. The smallest absolute Gasteiger partial charge is 0.333 e. The first-order chi connectivity index (χ1) is 7.15. The summed E-state index contributed by atoms with van der Waals surface area (Å²) in [5, 5.41) is 0. The van der Waals surface area contributed by atoms with E-state index in [0.29, 0.717) is 11.6 Å². The lowest BCUT2D eigenvalue weighted by molar-refractivity contribution is -0.136. The second-order valence-electron chi connectivity index (χ2n) is 4.26. The molecule has 0 aromatic heterocycles. The molecular formula is C12H21NO2. The second-order valence-corrected chi connectivity index (χ2v) is 4.26. The minimum absolute atomic E-state index is 0.227. The molecule has 15 heavy (non-hydrogen) atoms. The van der Waals surface area contributed by atoms with Crippen LogP contribution < -0.4 is 0 Å². The third kappa shape index (κ3) is 3.67. The number of rotatable bonds is 4. The summed E-state index contributed by atoms with van der Waals surface area (Å²) in [6, 6.07) is 0.701. The zero-order chi connectivity index (χ0) is 11.3. The van der Waals surface area contributed by atoms with Crippen LogP contribution in [0.15, 0.2) is 11.6 Å². The molecule has 0 aliphatic heterocycles. The molecule has 0 unspecified atom stereocenters. The lowest BCUT2D eigenvalue weighted by Crippen LogP contribution is -2.29. The predicted octanol–water partition coefficient (Wildman–Crippen LogP) is 1.98. The monoisotopic (exact) mass is 211 g/mol. The molecule has 0 radical (unpaired) electrons. The van der Waals surface area contributed by atoms with Crippen molar-refractivity contribution < 1.29 is 9.53 Å². The van der Waals surface area contributed by atoms with Crippen LogP contribution in [0.25, 0.3) is 0 Å². The summed E-state index contributed by atoms with van der Waals surface area (Å²) >= 11 is 0. The van der Waals surface area contributed by atoms with Gasteiger partial charge in [0.15, 0.2) is 0 Å². The predicted molar refractivity (Wildman–Crippen MR) is 60.7 cm³/mol. The van der Waals surface area contributed by atoms with Crippen molar-refractivity contribution in [1.29, 1.82) is 0 Å². The fourth-order valence-corrected chi connectivity index (χ4v) is 2.02. The molecule has 0 saturated heterocycles. The summed E-state index contributed by atoms with van der Waals surface area (Å²) in [6.07, 6.45) is 7.22. The maximum atomic E-state index is 11.1. The summed E-state index contributed by atoms with van der Waals surface area (Å²) in [6.45, 7) is 2.64. The maximum Gasteiger partial charge on any atom is 0.333 e. The molecular weight excluding hydrogens is 190 g/mol. The van der Waals surface area contributed by atoms with Crippen LogP contribution in [0.3, 0.4) is 0 Å². The van der Waals surface area contributed by atoms with E-state index >= 15 is 0 Å². The van der Waals surface area contributed by atoms with Gasteiger partial charge < -0.3 is 4.74 Å². The molecule has 86 valence electrons. The number of carbonyl (C=O) groups excluding carboxylic acids is 1. The Kier molecular flexibility index (Phi) is 4.82. The summed E-state index contributed by atoms with van der Waals surface area (Å²) in [5.74, 6) is -0.227. The van der Waals surface area contributed by atoms with Crippen molar-refractivity contribution >= 4 is 5.97 Å². The molecule has 1 saturated carbocycles. The fraction of sp³-hybridized carbons (Fsp3) is 0.750. The van der Waals surface area contributed by atoms with E-state index in [1.54, 1.807) is 6.92 Å². The molecule has 0 heterocycles. The molecule has 1 rings (SSSR count). The zero-order valence-electron chi connectivity index (χ0n) is 9.95. The second kappa shape index (κ2) is 5.91. The molecule has 1 fully saturated rings. The highest BCUT2D eigenvalue weighted by Gasteiger charge is 2.18. The molecule has 0 bridgehead atoms. The van der Waals surface area contributed by atoms with Crippen LogP contribution in [-0.4, -0.2) is 37.6 Å². The zero-order valence-corrected chi connectivity index (χ0v) is 9.95. The van der Waals surface area contributed by atoms with Gasteiger partial charge in [0.1, 0.15) is 0 Å². The Morgan fingerprint density at radius 2 is 2.07 bits per heavy atom. The van der Waals surface area contributed by atoms with Crippen LogP contribution in [0, 0.1) is 0 Å². The SMILES string of the molecule is COC(=O)C(C)=CCN(C)C1CCCC1. The summed E-state index contributed by atoms with van der Waals surface area (Å²) in [5.41, 5.74) is 0.697. The van der Waals surface area contributed by atoms with Crippen molar-refractivity contribution in [3.05, 3.63) is 11.6 Å². The van der Waals surface area contributed by atoms with Gasteiger partial charge in [-0.1, -0.05) is 18.9 Å². The van der Waals surface area contributed by atoms with Crippen molar-refractivity contribution in [1.82, 2.24) is 4.90 Å². The first kappa shape index (κ1) is 12.2. The third-order valence-corrected chi connectivity index (χ3v) is 3.14. The molecule has 3 heteroatoms. The van der Waals surface area contributed by atoms with Crippen molar-refractivity contribution in [2.24, 2.45) is 0 Å². The number of methoxy groups -OCH3 is 1. The van der Waals surface area contributed by atoms with Crippen LogP contribution in [0.1, 0.15) is 32.6 Å². The van der Waals surface area contributed by atoms with Gasteiger partial charge in [-0.15, -0.1) is 0 Å². The van der Waals surface area contributed by atoms with Gasteiger partial charge in [0, 0.05) is 18.2 Å². The standard InChI is InChI=1S/C12H21NO2/c1-10(12(14)15-3)8-9-13(2)11-6-4-5-7-11/h8,11H,4-7,9H2,1-3H3. The Morgan fingerprint density at radius 3 is 2.60 bits per heavy atom. The Hall–Kier alpha value is -0.830. The topological polar surface area (TPSA) is 29.5 Å². The van der Waals surface area contributed by atoms with Gasteiger partial charge in [-0.2, -0.15) is 0 Å². The van der Waals surface area contributed by atoms with Crippen LogP contribution >= 0.6 is 0 Å². The van der Waals surface area contributed by atoms with E-state index in [0.717, 1.165) is 6.54 Å². The number of hydrogen-bond donors (Lipinski definition) is 0. The van der Waals surface area contributed by atoms with Gasteiger partial charge in [0.25, 0.3) is 0 Å². The highest BCUT2D eigenvalue weighted by atomic mass is 16.5. The van der Waals surface area contributed by atoms with Gasteiger partial charge in [-0.05, 0) is 26.8 Å². The molecule has 1 aliphatic rings. The average Bonchev–Trinajstić information content (AvgIpc) is 2.77. The van der Waals surface area contributed by atoms with Crippen molar-refractivity contribution in [2.45, 2.75) is 38.6 Å². The Labute approximate surface area is 92.1 Å². The van der Waals surface area contributed by atoms with E-state index in [2.05, 4.69) is 16.7 Å². The number of ether oxygens (including phenoxy) is 1. The quantitative estimate of drug-likeness (QED) is 0.526. The lowest BCUT2D eigenvalue weighted by atomic mass is 10.2. The molecule has 1 aliphatic carbocycles. The molecule has 0 amide bonds. The summed E-state index contributed by atoms with van der Waals surface area (Å²) in [4.78, 5) is 13.5. The highest BCUT2D eigenvalue weighted by Crippen LogP contribution is 2.22. The Morgan fingerprint density at radius 1 is 1.47 bits per heavy atom. The third-order valence-electron chi connectivity index (χ3n) is 3.14. The van der Waals surface area contributed by atoms with Crippen LogP contribution in [0.4, 0.5) is 0 Å². The van der Waals surface area contributed by atoms with Gasteiger partial charge in [0.2, 0.25) is 0 Å². The van der Waals surface area contributed by atoms with Gasteiger partial charge >= 0.3 is 5.97 Å². The molecule has 0 N–H and O–H groups in total. The molecule has 0 atom stereocenters. The lowest BCUT2D eigenvalue weighted by Gasteiger charge is -2.22. The number of carbonyl (C=O) groups is 1. The largest absolute Gasteiger partial charge is 0.466 e. The van der Waals surface area contributed by atoms with Gasteiger partial charge in [0.05, 0.1) is 7.11 Å². The van der Waals surface area contributed by atoms with Crippen molar-refractivity contribution in [3.8, 4) is 0 Å². The van der Waals surface area contributed by atoms with E-state index in [4.69, 9.17) is 0 Å². The fourth-order valence-electron chi connectivity index (χ4n) is 2.02. The van der Waals surface area contributed by atoms with Gasteiger partial charge in [-0.25, -0.2) is 4.79 Å². The maximum absolute atomic E-state index is 11.1. The average molecular weight is 211 g/mol. The normalized spacial score (nSPS) is 18.5. The van der Waals surface area contributed by atoms with Crippen LogP contribution in [-0.2, 0) is 9.53 Å². The van der Waals surface area contributed by atoms with Crippen molar-refractivity contribution in [3.63, 3.8) is 0 Å². The van der Waals surface area contributed by atoms with E-state index in [1.807, 2.05) is 6.08 Å². The summed E-state index contributed by atoms with van der Waals surface area (Å²) < 4.78 is 4.64. The molecule has 3 nitrogen and oxygen atoms in total. The van der Waals surface area contributed by atoms with Crippen LogP contribution in [0.5, 0.6) is 0 Å². The number of nitrogens with zero attached hydrogens (tertiary/aromatic N) is 1. The van der Waals surface area contributed by atoms with Gasteiger partial charge in [-0.3, -0.25) is 4.90 Å². The summed E-state index contributed by atoms with van der Waals surface area (Å²) in [7, 11) is 3.54. The first-order valence-electron chi connectivity index (χ1n) is 5.60. The number of hydrogen-bond acceptors (Lipinski definition) is 3.